The van der Waals surface area contributed by atoms with Gasteiger partial charge in [0.15, 0.2) is 0 Å². The summed E-state index contributed by atoms with van der Waals surface area (Å²) >= 11 is 7.07. The Bertz CT molecular complexity index is 555. The van der Waals surface area contributed by atoms with Crippen LogP contribution in [0.15, 0.2) is 46.9 Å². The van der Waals surface area contributed by atoms with E-state index in [1.54, 1.807) is 19.2 Å². The van der Waals surface area contributed by atoms with Crippen molar-refractivity contribution in [3.05, 3.63) is 63.9 Å². The standard InChI is InChI=1S/C15H13Br2FO/c1-19-12-5-2-10(3-6-12)8-15(17)13-9-11(18)4-7-14(13)16/h2-7,9,15H,8H2,1H3. The molecular weight excluding hydrogens is 375 g/mol. The number of rotatable bonds is 4. The second-order valence-electron chi connectivity index (χ2n) is 4.19. The molecule has 0 aliphatic carbocycles. The first kappa shape index (κ1) is 14.5. The average Bonchev–Trinajstić information content (AvgIpc) is 2.42. The lowest BCUT2D eigenvalue weighted by atomic mass is 10.0. The first-order valence-corrected chi connectivity index (χ1v) is 7.53. The summed E-state index contributed by atoms with van der Waals surface area (Å²) in [5.41, 5.74) is 2.08. The molecule has 4 heteroatoms. The molecule has 0 amide bonds. The van der Waals surface area contributed by atoms with E-state index in [4.69, 9.17) is 4.74 Å². The van der Waals surface area contributed by atoms with Crippen molar-refractivity contribution < 1.29 is 9.13 Å². The number of ether oxygens (including phenoxy) is 1. The van der Waals surface area contributed by atoms with E-state index in [1.807, 2.05) is 24.3 Å². The van der Waals surface area contributed by atoms with E-state index >= 15 is 0 Å². The average molecular weight is 388 g/mol. The summed E-state index contributed by atoms with van der Waals surface area (Å²) < 4.78 is 19.3. The first-order valence-electron chi connectivity index (χ1n) is 5.82. The van der Waals surface area contributed by atoms with Crippen molar-refractivity contribution >= 4 is 31.9 Å². The summed E-state index contributed by atoms with van der Waals surface area (Å²) in [7, 11) is 1.64. The molecule has 0 aliphatic heterocycles. The van der Waals surface area contributed by atoms with Crippen LogP contribution in [0.2, 0.25) is 0 Å². The van der Waals surface area contributed by atoms with Gasteiger partial charge in [0, 0.05) is 9.30 Å². The van der Waals surface area contributed by atoms with Crippen LogP contribution in [0.25, 0.3) is 0 Å². The lowest BCUT2D eigenvalue weighted by Crippen LogP contribution is -1.97. The van der Waals surface area contributed by atoms with Gasteiger partial charge in [0.25, 0.3) is 0 Å². The van der Waals surface area contributed by atoms with Crippen LogP contribution in [0.5, 0.6) is 5.75 Å². The summed E-state index contributed by atoms with van der Waals surface area (Å²) in [5.74, 6) is 0.610. The largest absolute Gasteiger partial charge is 0.497 e. The Labute approximate surface area is 129 Å². The predicted molar refractivity (Wildman–Crippen MR) is 82.5 cm³/mol. The molecule has 2 aromatic carbocycles. The molecule has 19 heavy (non-hydrogen) atoms. The van der Waals surface area contributed by atoms with E-state index in [-0.39, 0.29) is 10.6 Å². The summed E-state index contributed by atoms with van der Waals surface area (Å²) in [6, 6.07) is 12.6. The van der Waals surface area contributed by atoms with Crippen LogP contribution in [0, 0.1) is 5.82 Å². The molecule has 0 N–H and O–H groups in total. The zero-order valence-corrected chi connectivity index (χ0v) is 13.5. The molecule has 1 atom stereocenters. The van der Waals surface area contributed by atoms with Gasteiger partial charge in [-0.15, -0.1) is 0 Å². The van der Waals surface area contributed by atoms with Crippen LogP contribution >= 0.6 is 31.9 Å². The fourth-order valence-corrected chi connectivity index (χ4v) is 3.42. The van der Waals surface area contributed by atoms with Gasteiger partial charge in [-0.1, -0.05) is 44.0 Å². The fourth-order valence-electron chi connectivity index (χ4n) is 1.83. The molecule has 0 fully saturated rings. The Morgan fingerprint density at radius 3 is 2.47 bits per heavy atom. The molecule has 100 valence electrons. The minimum absolute atomic E-state index is 0.0611. The zero-order chi connectivity index (χ0) is 13.8. The maximum absolute atomic E-state index is 13.3. The van der Waals surface area contributed by atoms with Crippen LogP contribution in [-0.2, 0) is 6.42 Å². The highest BCUT2D eigenvalue weighted by Crippen LogP contribution is 2.33. The molecule has 2 aromatic rings. The van der Waals surface area contributed by atoms with Crippen LogP contribution in [-0.4, -0.2) is 7.11 Å². The minimum atomic E-state index is -0.225. The topological polar surface area (TPSA) is 9.23 Å². The molecule has 0 aromatic heterocycles. The number of alkyl halides is 1. The zero-order valence-electron chi connectivity index (χ0n) is 10.4. The van der Waals surface area contributed by atoms with Crippen molar-refractivity contribution in [3.63, 3.8) is 0 Å². The fraction of sp³-hybridized carbons (Fsp3) is 0.200. The molecule has 0 spiro atoms. The van der Waals surface area contributed by atoms with Gasteiger partial charge in [-0.05, 0) is 47.9 Å². The number of halogens is 3. The van der Waals surface area contributed by atoms with Crippen molar-refractivity contribution in [2.75, 3.05) is 7.11 Å². The Kier molecular flexibility index (Phi) is 4.99. The number of benzene rings is 2. The maximum Gasteiger partial charge on any atom is 0.123 e. The minimum Gasteiger partial charge on any atom is -0.497 e. The summed E-state index contributed by atoms with van der Waals surface area (Å²) in [5, 5.41) is 0. The van der Waals surface area contributed by atoms with E-state index in [0.717, 1.165) is 22.2 Å². The van der Waals surface area contributed by atoms with Crippen LogP contribution in [0.4, 0.5) is 4.39 Å². The number of methoxy groups -OCH3 is 1. The molecule has 1 unspecified atom stereocenters. The highest BCUT2D eigenvalue weighted by molar-refractivity contribution is 9.11. The van der Waals surface area contributed by atoms with Gasteiger partial charge < -0.3 is 4.74 Å². The molecule has 1 nitrogen and oxygen atoms in total. The first-order chi connectivity index (χ1) is 9.10. The number of hydrogen-bond donors (Lipinski definition) is 0. The van der Waals surface area contributed by atoms with E-state index < -0.39 is 0 Å². The van der Waals surface area contributed by atoms with Gasteiger partial charge in [-0.2, -0.15) is 0 Å². The van der Waals surface area contributed by atoms with Gasteiger partial charge in [0.2, 0.25) is 0 Å². The van der Waals surface area contributed by atoms with Crippen LogP contribution in [0.1, 0.15) is 16.0 Å². The van der Waals surface area contributed by atoms with Gasteiger partial charge >= 0.3 is 0 Å². The van der Waals surface area contributed by atoms with Crippen molar-refractivity contribution in [2.45, 2.75) is 11.2 Å². The highest BCUT2D eigenvalue weighted by Gasteiger charge is 2.13. The maximum atomic E-state index is 13.3. The molecular formula is C15H13Br2FO. The van der Waals surface area contributed by atoms with Crippen molar-refractivity contribution in [3.8, 4) is 5.75 Å². The molecule has 0 saturated carbocycles. The Hall–Kier alpha value is -0.870. The summed E-state index contributed by atoms with van der Waals surface area (Å²) in [4.78, 5) is 0.0611. The summed E-state index contributed by atoms with van der Waals surface area (Å²) in [6.45, 7) is 0. The molecule has 0 radical (unpaired) electrons. The lowest BCUT2D eigenvalue weighted by Gasteiger charge is -2.13. The monoisotopic (exact) mass is 386 g/mol. The van der Waals surface area contributed by atoms with E-state index in [9.17, 15) is 4.39 Å². The van der Waals surface area contributed by atoms with Gasteiger partial charge in [-0.3, -0.25) is 0 Å². The second-order valence-corrected chi connectivity index (χ2v) is 6.15. The molecule has 0 saturated heterocycles. The van der Waals surface area contributed by atoms with Gasteiger partial charge in [0.1, 0.15) is 11.6 Å². The molecule has 2 rings (SSSR count). The van der Waals surface area contributed by atoms with Crippen LogP contribution < -0.4 is 4.74 Å². The van der Waals surface area contributed by atoms with Gasteiger partial charge in [-0.25, -0.2) is 4.39 Å². The second kappa shape index (κ2) is 6.53. The molecule has 0 bridgehead atoms. The predicted octanol–water partition coefficient (Wildman–Crippen LogP) is 5.28. The normalized spacial score (nSPS) is 12.2. The van der Waals surface area contributed by atoms with Crippen molar-refractivity contribution in [1.82, 2.24) is 0 Å². The van der Waals surface area contributed by atoms with Crippen molar-refractivity contribution in [1.29, 1.82) is 0 Å². The summed E-state index contributed by atoms with van der Waals surface area (Å²) in [6.07, 6.45) is 0.784. The quantitative estimate of drug-likeness (QED) is 0.649. The van der Waals surface area contributed by atoms with Crippen molar-refractivity contribution in [2.24, 2.45) is 0 Å². The third-order valence-electron chi connectivity index (χ3n) is 2.87. The van der Waals surface area contributed by atoms with E-state index in [1.165, 1.54) is 11.6 Å². The van der Waals surface area contributed by atoms with E-state index in [2.05, 4.69) is 31.9 Å². The van der Waals surface area contributed by atoms with E-state index in [0.29, 0.717) is 0 Å². The Morgan fingerprint density at radius 1 is 1.16 bits per heavy atom. The smallest absolute Gasteiger partial charge is 0.123 e. The number of hydrogen-bond acceptors (Lipinski definition) is 1. The third kappa shape index (κ3) is 3.80. The highest BCUT2D eigenvalue weighted by atomic mass is 79.9. The SMILES string of the molecule is COc1ccc(CC(Br)c2cc(F)ccc2Br)cc1. The van der Waals surface area contributed by atoms with Gasteiger partial charge in [0.05, 0.1) is 7.11 Å². The Balaban J connectivity index is 2.15. The van der Waals surface area contributed by atoms with Crippen LogP contribution in [0.3, 0.4) is 0 Å². The Morgan fingerprint density at radius 2 is 1.84 bits per heavy atom. The molecule has 0 heterocycles. The third-order valence-corrected chi connectivity index (χ3v) is 4.41. The lowest BCUT2D eigenvalue weighted by molar-refractivity contribution is 0.414. The molecule has 0 aliphatic rings.